The van der Waals surface area contributed by atoms with Gasteiger partial charge in [-0.1, -0.05) is 56.2 Å². The second kappa shape index (κ2) is 12.0. The number of fused-ring (bicyclic) bond motifs is 1. The number of nitrogens with zero attached hydrogens (tertiary/aromatic N) is 3. The van der Waals surface area contributed by atoms with E-state index in [1.807, 2.05) is 47.2 Å². The number of carbonyl (C=O) groups excluding carboxylic acids is 2. The number of aryl methyl sites for hydroxylation is 1. The fourth-order valence-corrected chi connectivity index (χ4v) is 4.24. The predicted molar refractivity (Wildman–Crippen MR) is 135 cm³/mol. The van der Waals surface area contributed by atoms with Gasteiger partial charge in [-0.3, -0.25) is 14.6 Å². The molecular formula is C27H38N4O3. The smallest absolute Gasteiger partial charge is 0.256 e. The highest BCUT2D eigenvalue weighted by Crippen LogP contribution is 2.26. The zero-order valence-electron chi connectivity index (χ0n) is 20.9. The first kappa shape index (κ1) is 25.7. The maximum Gasteiger partial charge on any atom is 0.256 e. The van der Waals surface area contributed by atoms with Gasteiger partial charge in [-0.05, 0) is 48.6 Å². The van der Waals surface area contributed by atoms with Gasteiger partial charge in [0.2, 0.25) is 5.91 Å². The summed E-state index contributed by atoms with van der Waals surface area (Å²) in [6, 6.07) is 13.9. The summed E-state index contributed by atoms with van der Waals surface area (Å²) in [5.74, 6) is -0.199. The highest BCUT2D eigenvalue weighted by Gasteiger charge is 2.27. The molecule has 1 unspecified atom stereocenters. The molecule has 2 aromatic rings. The van der Waals surface area contributed by atoms with E-state index in [2.05, 4.69) is 24.4 Å². The number of anilines is 1. The van der Waals surface area contributed by atoms with E-state index in [0.29, 0.717) is 19.6 Å². The Labute approximate surface area is 203 Å². The second-order valence-electron chi connectivity index (χ2n) is 9.14. The van der Waals surface area contributed by atoms with Crippen LogP contribution in [0.25, 0.3) is 0 Å². The molecule has 2 aromatic carbocycles. The lowest BCUT2D eigenvalue weighted by Crippen LogP contribution is -2.48. The number of likely N-dealkylation sites (N-methyl/N-ethyl adjacent to an activating group) is 1. The van der Waals surface area contributed by atoms with E-state index < -0.39 is 6.10 Å². The summed E-state index contributed by atoms with van der Waals surface area (Å²) in [4.78, 5) is 27.9. The number of rotatable bonds is 11. The summed E-state index contributed by atoms with van der Waals surface area (Å²) in [5.41, 5.74) is 4.95. The standard InChI is InChI=1S/C27H38N4O3/c1-5-6-9-14-28-26(33)18-30(25-15-22(21(3)32)13-12-20(25)2)19-27(34)29(4)31-16-23-10-7-8-11-24(23)17-31/h7-8,10-13,15,21,32H,5-6,9,14,16-19H2,1-4H3,(H,28,33). The van der Waals surface area contributed by atoms with Crippen LogP contribution < -0.4 is 10.2 Å². The lowest BCUT2D eigenvalue weighted by Gasteiger charge is -2.32. The highest BCUT2D eigenvalue weighted by atomic mass is 16.3. The molecule has 1 atom stereocenters. The molecular weight excluding hydrogens is 428 g/mol. The molecule has 0 spiro atoms. The molecule has 0 bridgehead atoms. The van der Waals surface area contributed by atoms with Crippen LogP contribution in [0.1, 0.15) is 61.5 Å². The molecule has 34 heavy (non-hydrogen) atoms. The number of aliphatic hydroxyl groups is 1. The van der Waals surface area contributed by atoms with Crippen molar-refractivity contribution in [2.45, 2.75) is 59.2 Å². The van der Waals surface area contributed by atoms with E-state index >= 15 is 0 Å². The SMILES string of the molecule is CCCCCNC(=O)CN(CC(=O)N(C)N1Cc2ccccc2C1)c1cc(C(C)O)ccc1C. The Morgan fingerprint density at radius 3 is 2.38 bits per heavy atom. The average molecular weight is 467 g/mol. The Bertz CT molecular complexity index is 967. The van der Waals surface area contributed by atoms with Crippen LogP contribution >= 0.6 is 0 Å². The van der Waals surface area contributed by atoms with Crippen molar-refractivity contribution in [3.63, 3.8) is 0 Å². The molecule has 0 fully saturated rings. The third kappa shape index (κ3) is 6.58. The van der Waals surface area contributed by atoms with Crippen LogP contribution in [0.4, 0.5) is 5.69 Å². The Morgan fingerprint density at radius 2 is 1.76 bits per heavy atom. The second-order valence-corrected chi connectivity index (χ2v) is 9.14. The maximum absolute atomic E-state index is 13.3. The molecule has 1 aliphatic heterocycles. The van der Waals surface area contributed by atoms with Crippen molar-refractivity contribution < 1.29 is 14.7 Å². The van der Waals surface area contributed by atoms with Crippen molar-refractivity contribution >= 4 is 17.5 Å². The lowest BCUT2D eigenvalue weighted by molar-refractivity contribution is -0.145. The molecule has 2 N–H and O–H groups in total. The van der Waals surface area contributed by atoms with Gasteiger partial charge in [-0.15, -0.1) is 0 Å². The maximum atomic E-state index is 13.3. The van der Waals surface area contributed by atoms with Crippen molar-refractivity contribution in [1.82, 2.24) is 15.3 Å². The van der Waals surface area contributed by atoms with Gasteiger partial charge in [0.25, 0.3) is 5.91 Å². The third-order valence-electron chi connectivity index (χ3n) is 6.43. The van der Waals surface area contributed by atoms with E-state index in [1.165, 1.54) is 11.1 Å². The number of nitrogens with one attached hydrogen (secondary N) is 1. The Morgan fingerprint density at radius 1 is 1.09 bits per heavy atom. The molecule has 0 aliphatic carbocycles. The first-order valence-corrected chi connectivity index (χ1v) is 12.2. The van der Waals surface area contributed by atoms with Crippen molar-refractivity contribution in [2.75, 3.05) is 31.6 Å². The molecule has 7 heteroatoms. The van der Waals surface area contributed by atoms with Gasteiger partial charge in [-0.25, -0.2) is 5.01 Å². The molecule has 1 heterocycles. The van der Waals surface area contributed by atoms with Gasteiger partial charge in [0.1, 0.15) is 0 Å². The number of benzene rings is 2. The van der Waals surface area contributed by atoms with Crippen LogP contribution in [0.3, 0.4) is 0 Å². The predicted octanol–water partition coefficient (Wildman–Crippen LogP) is 3.55. The molecule has 2 amide bonds. The summed E-state index contributed by atoms with van der Waals surface area (Å²) in [6.07, 6.45) is 2.47. The molecule has 1 aliphatic rings. The zero-order chi connectivity index (χ0) is 24.7. The zero-order valence-corrected chi connectivity index (χ0v) is 20.9. The summed E-state index contributed by atoms with van der Waals surface area (Å²) in [6.45, 7) is 7.95. The normalized spacial score (nSPS) is 13.9. The van der Waals surface area contributed by atoms with E-state index in [0.717, 1.165) is 36.1 Å². The average Bonchev–Trinajstić information content (AvgIpc) is 3.25. The number of unbranched alkanes of at least 4 members (excludes halogenated alkanes) is 2. The molecule has 7 nitrogen and oxygen atoms in total. The Hall–Kier alpha value is -2.90. The molecule has 0 saturated carbocycles. The number of hydrogen-bond acceptors (Lipinski definition) is 5. The molecule has 0 radical (unpaired) electrons. The Kier molecular flexibility index (Phi) is 9.07. The topological polar surface area (TPSA) is 76.1 Å². The fraction of sp³-hybridized carbons (Fsp3) is 0.481. The number of amides is 2. The van der Waals surface area contributed by atoms with Gasteiger partial charge in [0, 0.05) is 32.4 Å². The van der Waals surface area contributed by atoms with Gasteiger partial charge in [0.05, 0.1) is 19.2 Å². The lowest BCUT2D eigenvalue weighted by atomic mass is 10.1. The summed E-state index contributed by atoms with van der Waals surface area (Å²) < 4.78 is 0. The molecule has 3 rings (SSSR count). The summed E-state index contributed by atoms with van der Waals surface area (Å²) in [7, 11) is 1.79. The first-order valence-electron chi connectivity index (χ1n) is 12.2. The molecule has 0 aromatic heterocycles. The minimum absolute atomic E-state index is 0.0653. The number of aliphatic hydroxyl groups excluding tert-OH is 1. The highest BCUT2D eigenvalue weighted by molar-refractivity contribution is 5.86. The summed E-state index contributed by atoms with van der Waals surface area (Å²) >= 11 is 0. The van der Waals surface area contributed by atoms with Crippen LogP contribution in [-0.2, 0) is 22.7 Å². The van der Waals surface area contributed by atoms with Crippen LogP contribution in [0.15, 0.2) is 42.5 Å². The Balaban J connectivity index is 1.75. The van der Waals surface area contributed by atoms with E-state index in [1.54, 1.807) is 19.0 Å². The van der Waals surface area contributed by atoms with Gasteiger partial charge in [0.15, 0.2) is 0 Å². The quantitative estimate of drug-likeness (QED) is 0.496. The number of carbonyl (C=O) groups is 2. The number of hydrogen-bond donors (Lipinski definition) is 2. The number of hydrazine groups is 1. The summed E-state index contributed by atoms with van der Waals surface area (Å²) in [5, 5.41) is 16.8. The van der Waals surface area contributed by atoms with E-state index in [9.17, 15) is 14.7 Å². The van der Waals surface area contributed by atoms with Gasteiger partial charge in [-0.2, -0.15) is 0 Å². The van der Waals surface area contributed by atoms with Gasteiger partial charge >= 0.3 is 0 Å². The monoisotopic (exact) mass is 466 g/mol. The molecule has 0 saturated heterocycles. The minimum Gasteiger partial charge on any atom is -0.389 e. The van der Waals surface area contributed by atoms with Crippen LogP contribution in [-0.4, -0.2) is 53.6 Å². The van der Waals surface area contributed by atoms with Crippen LogP contribution in [0, 0.1) is 6.92 Å². The van der Waals surface area contributed by atoms with Crippen LogP contribution in [0.5, 0.6) is 0 Å². The van der Waals surface area contributed by atoms with Crippen molar-refractivity contribution in [3.05, 3.63) is 64.7 Å². The molecule has 184 valence electrons. The largest absolute Gasteiger partial charge is 0.389 e. The van der Waals surface area contributed by atoms with Crippen LogP contribution in [0.2, 0.25) is 0 Å². The fourth-order valence-electron chi connectivity index (χ4n) is 4.24. The first-order chi connectivity index (χ1) is 16.3. The van der Waals surface area contributed by atoms with E-state index in [-0.39, 0.29) is 24.9 Å². The van der Waals surface area contributed by atoms with Crippen molar-refractivity contribution in [1.29, 1.82) is 0 Å². The van der Waals surface area contributed by atoms with Crippen molar-refractivity contribution in [3.8, 4) is 0 Å². The van der Waals surface area contributed by atoms with Crippen molar-refractivity contribution in [2.24, 2.45) is 0 Å². The minimum atomic E-state index is -0.634. The third-order valence-corrected chi connectivity index (χ3v) is 6.43. The van der Waals surface area contributed by atoms with Gasteiger partial charge < -0.3 is 15.3 Å². The van der Waals surface area contributed by atoms with E-state index in [4.69, 9.17) is 0 Å².